The minimum Gasteiger partial charge on any atom is -0.390 e. The van der Waals surface area contributed by atoms with Crippen LogP contribution in [0.15, 0.2) is 30.3 Å². The van der Waals surface area contributed by atoms with Crippen molar-refractivity contribution in [1.29, 1.82) is 0 Å². The van der Waals surface area contributed by atoms with Crippen molar-refractivity contribution in [2.45, 2.75) is 45.3 Å². The summed E-state index contributed by atoms with van der Waals surface area (Å²) >= 11 is 0. The van der Waals surface area contributed by atoms with Crippen molar-refractivity contribution < 1.29 is 9.90 Å². The number of carbonyl (C=O) groups is 1. The van der Waals surface area contributed by atoms with Crippen LogP contribution in [0.5, 0.6) is 0 Å². The number of benzene rings is 1. The molecule has 0 radical (unpaired) electrons. The second-order valence-electron chi connectivity index (χ2n) is 5.78. The molecule has 118 valence electrons. The first kappa shape index (κ1) is 17.6. The maximum atomic E-state index is 11.5. The quantitative estimate of drug-likeness (QED) is 0.511. The molecule has 1 aromatic carbocycles. The van der Waals surface area contributed by atoms with Gasteiger partial charge in [0.15, 0.2) is 0 Å². The zero-order valence-corrected chi connectivity index (χ0v) is 12.9. The zero-order chi connectivity index (χ0) is 15.7. The number of amides is 1. The number of rotatable bonds is 9. The summed E-state index contributed by atoms with van der Waals surface area (Å²) in [6.45, 7) is 4.39. The molecule has 0 aliphatic carbocycles. The van der Waals surface area contributed by atoms with Crippen LogP contribution in [-0.2, 0) is 11.2 Å². The molecule has 0 spiro atoms. The number of nitrogens with two attached hydrogens (primary N) is 1. The van der Waals surface area contributed by atoms with Gasteiger partial charge in [0.2, 0.25) is 5.91 Å². The standard InChI is InChI=1S/C16H27N3O2/c1-12(2)8-9-16(21)19-18-11-15(20)14(17)10-13-6-4-3-5-7-13/h3-7,12,14-15,18,20H,8-11,17H2,1-2H3,(H,19,21). The molecule has 5 nitrogen and oxygen atoms in total. The van der Waals surface area contributed by atoms with E-state index in [0.29, 0.717) is 18.8 Å². The van der Waals surface area contributed by atoms with Crippen LogP contribution in [0.25, 0.3) is 0 Å². The van der Waals surface area contributed by atoms with Crippen molar-refractivity contribution in [2.75, 3.05) is 6.54 Å². The predicted octanol–water partition coefficient (Wildman–Crippen LogP) is 0.974. The van der Waals surface area contributed by atoms with Gasteiger partial charge < -0.3 is 10.8 Å². The maximum absolute atomic E-state index is 11.5. The van der Waals surface area contributed by atoms with Crippen LogP contribution in [0.1, 0.15) is 32.3 Å². The first-order valence-electron chi connectivity index (χ1n) is 7.48. The highest BCUT2D eigenvalue weighted by Gasteiger charge is 2.15. The van der Waals surface area contributed by atoms with Gasteiger partial charge in [0.25, 0.3) is 0 Å². The van der Waals surface area contributed by atoms with E-state index in [4.69, 9.17) is 5.73 Å². The number of aliphatic hydroxyl groups is 1. The highest BCUT2D eigenvalue weighted by atomic mass is 16.3. The number of hydrazine groups is 1. The minimum absolute atomic E-state index is 0.0625. The largest absolute Gasteiger partial charge is 0.390 e. The van der Waals surface area contributed by atoms with E-state index in [2.05, 4.69) is 24.7 Å². The van der Waals surface area contributed by atoms with Crippen LogP contribution in [0.3, 0.4) is 0 Å². The molecule has 2 atom stereocenters. The number of nitrogens with one attached hydrogen (secondary N) is 2. The van der Waals surface area contributed by atoms with Gasteiger partial charge in [0.1, 0.15) is 0 Å². The lowest BCUT2D eigenvalue weighted by atomic mass is 10.0. The second-order valence-corrected chi connectivity index (χ2v) is 5.78. The molecule has 0 fully saturated rings. The van der Waals surface area contributed by atoms with Crippen LogP contribution in [0, 0.1) is 5.92 Å². The molecular weight excluding hydrogens is 266 g/mol. The zero-order valence-electron chi connectivity index (χ0n) is 12.9. The molecule has 1 aromatic rings. The molecule has 0 aliphatic heterocycles. The Morgan fingerprint density at radius 3 is 2.57 bits per heavy atom. The lowest BCUT2D eigenvalue weighted by Gasteiger charge is -2.19. The molecule has 0 heterocycles. The summed E-state index contributed by atoms with van der Waals surface area (Å²) in [7, 11) is 0. The molecular formula is C16H27N3O2. The fraction of sp³-hybridized carbons (Fsp3) is 0.562. The lowest BCUT2D eigenvalue weighted by molar-refractivity contribution is -0.122. The first-order valence-corrected chi connectivity index (χ1v) is 7.48. The van der Waals surface area contributed by atoms with Crippen LogP contribution in [0.4, 0.5) is 0 Å². The van der Waals surface area contributed by atoms with Crippen LogP contribution in [0.2, 0.25) is 0 Å². The van der Waals surface area contributed by atoms with Gasteiger partial charge in [-0.05, 0) is 24.3 Å². The Hall–Kier alpha value is -1.43. The Morgan fingerprint density at radius 1 is 1.29 bits per heavy atom. The maximum Gasteiger partial charge on any atom is 0.234 e. The van der Waals surface area contributed by atoms with Crippen LogP contribution < -0.4 is 16.6 Å². The summed E-state index contributed by atoms with van der Waals surface area (Å²) in [6, 6.07) is 9.43. The van der Waals surface area contributed by atoms with E-state index in [9.17, 15) is 9.90 Å². The molecule has 0 aliphatic rings. The Morgan fingerprint density at radius 2 is 1.95 bits per heavy atom. The van der Waals surface area contributed by atoms with Gasteiger partial charge >= 0.3 is 0 Å². The summed E-state index contributed by atoms with van der Waals surface area (Å²) in [4.78, 5) is 11.5. The van der Waals surface area contributed by atoms with Gasteiger partial charge in [-0.15, -0.1) is 0 Å². The third-order valence-electron chi connectivity index (χ3n) is 3.30. The molecule has 0 bridgehead atoms. The highest BCUT2D eigenvalue weighted by molar-refractivity contribution is 5.75. The SMILES string of the molecule is CC(C)CCC(=O)NNCC(O)C(N)Cc1ccccc1. The topological polar surface area (TPSA) is 87.4 Å². The van der Waals surface area contributed by atoms with Gasteiger partial charge in [-0.25, -0.2) is 5.43 Å². The van der Waals surface area contributed by atoms with Crippen molar-refractivity contribution in [3.63, 3.8) is 0 Å². The molecule has 1 rings (SSSR count). The molecule has 0 saturated heterocycles. The van der Waals surface area contributed by atoms with E-state index >= 15 is 0 Å². The molecule has 21 heavy (non-hydrogen) atoms. The summed E-state index contributed by atoms with van der Waals surface area (Å²) < 4.78 is 0. The molecule has 5 N–H and O–H groups in total. The van der Waals surface area contributed by atoms with E-state index in [1.54, 1.807) is 0 Å². The van der Waals surface area contributed by atoms with Crippen LogP contribution in [-0.4, -0.2) is 29.7 Å². The number of carbonyl (C=O) groups excluding carboxylic acids is 1. The minimum atomic E-state index is -0.712. The molecule has 1 amide bonds. The Balaban J connectivity index is 2.20. The highest BCUT2D eigenvalue weighted by Crippen LogP contribution is 2.04. The lowest BCUT2D eigenvalue weighted by Crippen LogP contribution is -2.48. The van der Waals surface area contributed by atoms with Crippen molar-refractivity contribution in [3.8, 4) is 0 Å². The van der Waals surface area contributed by atoms with E-state index in [1.165, 1.54) is 0 Å². The Labute approximate surface area is 126 Å². The van der Waals surface area contributed by atoms with E-state index < -0.39 is 6.10 Å². The normalized spacial score (nSPS) is 14.0. The third kappa shape index (κ3) is 7.80. The predicted molar refractivity (Wildman–Crippen MR) is 84.3 cm³/mol. The fourth-order valence-electron chi connectivity index (χ4n) is 1.91. The summed E-state index contributed by atoms with van der Waals surface area (Å²) in [6.07, 6.45) is 1.22. The van der Waals surface area contributed by atoms with Crippen molar-refractivity contribution in [2.24, 2.45) is 11.7 Å². The van der Waals surface area contributed by atoms with Gasteiger partial charge in [0, 0.05) is 19.0 Å². The van der Waals surface area contributed by atoms with Gasteiger partial charge in [-0.2, -0.15) is 0 Å². The van der Waals surface area contributed by atoms with Crippen molar-refractivity contribution in [1.82, 2.24) is 10.9 Å². The molecule has 0 aromatic heterocycles. The summed E-state index contributed by atoms with van der Waals surface area (Å²) in [5.41, 5.74) is 12.4. The van der Waals surface area contributed by atoms with Crippen LogP contribution >= 0.6 is 0 Å². The van der Waals surface area contributed by atoms with E-state index in [0.717, 1.165) is 12.0 Å². The van der Waals surface area contributed by atoms with Crippen molar-refractivity contribution in [3.05, 3.63) is 35.9 Å². The molecule has 2 unspecified atom stereocenters. The van der Waals surface area contributed by atoms with E-state index in [1.807, 2.05) is 30.3 Å². The number of hydrogen-bond donors (Lipinski definition) is 4. The summed E-state index contributed by atoms with van der Waals surface area (Å²) in [5, 5.41) is 9.97. The van der Waals surface area contributed by atoms with Gasteiger partial charge in [0.05, 0.1) is 6.10 Å². The van der Waals surface area contributed by atoms with Crippen molar-refractivity contribution >= 4 is 5.91 Å². The van der Waals surface area contributed by atoms with Gasteiger partial charge in [-0.3, -0.25) is 10.2 Å². The number of hydrogen-bond acceptors (Lipinski definition) is 4. The average molecular weight is 293 g/mol. The third-order valence-corrected chi connectivity index (χ3v) is 3.30. The molecule has 0 saturated carbocycles. The first-order chi connectivity index (χ1) is 9.99. The second kappa shape index (κ2) is 9.50. The summed E-state index contributed by atoms with van der Waals surface area (Å²) in [5.74, 6) is 0.438. The average Bonchev–Trinajstić information content (AvgIpc) is 2.46. The molecule has 5 heteroatoms. The van der Waals surface area contributed by atoms with E-state index in [-0.39, 0.29) is 18.5 Å². The Kier molecular flexibility index (Phi) is 7.97. The smallest absolute Gasteiger partial charge is 0.234 e. The fourth-order valence-corrected chi connectivity index (χ4v) is 1.91. The monoisotopic (exact) mass is 293 g/mol. The van der Waals surface area contributed by atoms with Gasteiger partial charge in [-0.1, -0.05) is 44.2 Å². The Bertz CT molecular complexity index is 409. The number of aliphatic hydroxyl groups excluding tert-OH is 1.